The van der Waals surface area contributed by atoms with E-state index in [4.69, 9.17) is 0 Å². The zero-order chi connectivity index (χ0) is 19.8. The van der Waals surface area contributed by atoms with E-state index in [0.717, 1.165) is 0 Å². The van der Waals surface area contributed by atoms with Crippen molar-refractivity contribution in [3.63, 3.8) is 0 Å². The summed E-state index contributed by atoms with van der Waals surface area (Å²) in [6, 6.07) is 5.78. The van der Waals surface area contributed by atoms with Crippen LogP contribution in [0.5, 0.6) is 0 Å². The van der Waals surface area contributed by atoms with Gasteiger partial charge in [-0.05, 0) is 31.2 Å². The third kappa shape index (κ3) is 3.13. The molecule has 9 heteroatoms. The van der Waals surface area contributed by atoms with Crippen molar-refractivity contribution in [2.45, 2.75) is 13.3 Å². The molecule has 0 bridgehead atoms. The standard InChI is InChI=1S/C19H16FN5O2S/c1-11-16(28-18(23-11)17-21-7-3-8-22-17)19(27)25-9-6-15(26)24(2)14-10-12(20)4-5-13(14)25/h3-5,7-8,10H,6,9H2,1-2H3. The number of benzene rings is 1. The lowest BCUT2D eigenvalue weighted by Gasteiger charge is -2.23. The zero-order valence-corrected chi connectivity index (χ0v) is 16.0. The highest BCUT2D eigenvalue weighted by atomic mass is 32.1. The quantitative estimate of drug-likeness (QED) is 0.664. The Morgan fingerprint density at radius 1 is 1.21 bits per heavy atom. The Labute approximate surface area is 164 Å². The lowest BCUT2D eigenvalue weighted by atomic mass is 10.2. The van der Waals surface area contributed by atoms with E-state index < -0.39 is 5.82 Å². The van der Waals surface area contributed by atoms with Gasteiger partial charge in [0.1, 0.15) is 10.7 Å². The largest absolute Gasteiger partial charge is 0.313 e. The maximum atomic E-state index is 13.8. The van der Waals surface area contributed by atoms with Gasteiger partial charge in [0.15, 0.2) is 10.8 Å². The molecule has 1 aliphatic heterocycles. The van der Waals surface area contributed by atoms with Gasteiger partial charge in [-0.15, -0.1) is 11.3 Å². The molecule has 7 nitrogen and oxygen atoms in total. The highest BCUT2D eigenvalue weighted by molar-refractivity contribution is 7.17. The number of nitrogens with zero attached hydrogens (tertiary/aromatic N) is 5. The van der Waals surface area contributed by atoms with Crippen molar-refractivity contribution >= 4 is 34.5 Å². The zero-order valence-electron chi connectivity index (χ0n) is 15.2. The number of anilines is 2. The molecule has 142 valence electrons. The van der Waals surface area contributed by atoms with Gasteiger partial charge in [-0.3, -0.25) is 9.59 Å². The summed E-state index contributed by atoms with van der Waals surface area (Å²) in [4.78, 5) is 41.7. The number of thiazole rings is 1. The predicted octanol–water partition coefficient (Wildman–Crippen LogP) is 3.06. The molecule has 1 aromatic carbocycles. The molecule has 0 atom stereocenters. The molecule has 2 aromatic heterocycles. The molecule has 3 heterocycles. The first-order valence-corrected chi connectivity index (χ1v) is 9.40. The minimum absolute atomic E-state index is 0.144. The molecule has 0 fully saturated rings. The number of rotatable bonds is 2. The highest BCUT2D eigenvalue weighted by Crippen LogP contribution is 2.35. The van der Waals surface area contributed by atoms with E-state index in [1.54, 1.807) is 32.4 Å². The van der Waals surface area contributed by atoms with E-state index in [-0.39, 0.29) is 24.8 Å². The molecule has 1 aliphatic rings. The van der Waals surface area contributed by atoms with Crippen LogP contribution in [0.1, 0.15) is 21.8 Å². The van der Waals surface area contributed by atoms with Gasteiger partial charge < -0.3 is 9.80 Å². The molecular formula is C19H16FN5O2S. The van der Waals surface area contributed by atoms with Gasteiger partial charge in [-0.2, -0.15) is 0 Å². The Morgan fingerprint density at radius 3 is 2.71 bits per heavy atom. The first kappa shape index (κ1) is 18.2. The van der Waals surface area contributed by atoms with Crippen LogP contribution in [0.4, 0.5) is 15.8 Å². The fraction of sp³-hybridized carbons (Fsp3) is 0.211. The summed E-state index contributed by atoms with van der Waals surface area (Å²) < 4.78 is 13.8. The number of halogens is 1. The number of carbonyl (C=O) groups is 2. The van der Waals surface area contributed by atoms with Gasteiger partial charge in [0.05, 0.1) is 17.1 Å². The molecule has 0 saturated heterocycles. The van der Waals surface area contributed by atoms with Crippen LogP contribution in [0.15, 0.2) is 36.7 Å². The summed E-state index contributed by atoms with van der Waals surface area (Å²) >= 11 is 1.20. The minimum Gasteiger partial charge on any atom is -0.313 e. The molecule has 4 rings (SSSR count). The maximum absolute atomic E-state index is 13.8. The second kappa shape index (κ2) is 7.08. The van der Waals surface area contributed by atoms with Gasteiger partial charge in [-0.25, -0.2) is 19.3 Å². The van der Waals surface area contributed by atoms with E-state index >= 15 is 0 Å². The van der Waals surface area contributed by atoms with Crippen LogP contribution in [0.25, 0.3) is 10.8 Å². The summed E-state index contributed by atoms with van der Waals surface area (Å²) in [7, 11) is 1.58. The number of aromatic nitrogens is 3. The lowest BCUT2D eigenvalue weighted by Crippen LogP contribution is -2.31. The predicted molar refractivity (Wildman–Crippen MR) is 104 cm³/mol. The molecule has 28 heavy (non-hydrogen) atoms. The fourth-order valence-corrected chi connectivity index (χ4v) is 4.02. The molecule has 0 unspecified atom stereocenters. The summed E-state index contributed by atoms with van der Waals surface area (Å²) in [5, 5.41) is 0.545. The second-order valence-electron chi connectivity index (χ2n) is 6.30. The Morgan fingerprint density at radius 2 is 1.96 bits per heavy atom. The van der Waals surface area contributed by atoms with Gasteiger partial charge in [-0.1, -0.05) is 0 Å². The average Bonchev–Trinajstić information content (AvgIpc) is 3.05. The molecule has 0 aliphatic carbocycles. The van der Waals surface area contributed by atoms with Crippen molar-refractivity contribution in [1.29, 1.82) is 0 Å². The number of carbonyl (C=O) groups excluding carboxylic acids is 2. The monoisotopic (exact) mass is 397 g/mol. The van der Waals surface area contributed by atoms with Crippen LogP contribution in [-0.4, -0.2) is 40.4 Å². The Bertz CT molecular complexity index is 1070. The van der Waals surface area contributed by atoms with Crippen molar-refractivity contribution < 1.29 is 14.0 Å². The van der Waals surface area contributed by atoms with E-state index in [1.165, 1.54) is 39.3 Å². The third-order valence-corrected chi connectivity index (χ3v) is 5.65. The molecule has 0 N–H and O–H groups in total. The number of amides is 2. The van der Waals surface area contributed by atoms with E-state index in [9.17, 15) is 14.0 Å². The molecule has 3 aromatic rings. The van der Waals surface area contributed by atoms with E-state index in [0.29, 0.717) is 32.8 Å². The van der Waals surface area contributed by atoms with Crippen molar-refractivity contribution in [3.8, 4) is 10.8 Å². The molecule has 0 radical (unpaired) electrons. The van der Waals surface area contributed by atoms with Crippen LogP contribution < -0.4 is 9.80 Å². The number of hydrogen-bond acceptors (Lipinski definition) is 6. The SMILES string of the molecule is Cc1nc(-c2ncccn2)sc1C(=O)N1CCC(=O)N(C)c2cc(F)ccc21. The Balaban J connectivity index is 1.75. The van der Waals surface area contributed by atoms with Crippen LogP contribution in [0.3, 0.4) is 0 Å². The fourth-order valence-electron chi connectivity index (χ4n) is 3.06. The summed E-state index contributed by atoms with van der Waals surface area (Å²) in [5.74, 6) is -0.484. The second-order valence-corrected chi connectivity index (χ2v) is 7.30. The van der Waals surface area contributed by atoms with Crippen LogP contribution in [0.2, 0.25) is 0 Å². The summed E-state index contributed by atoms with van der Waals surface area (Å²) in [6.07, 6.45) is 3.37. The number of aryl methyl sites for hydroxylation is 1. The molecule has 0 saturated carbocycles. The Kier molecular flexibility index (Phi) is 4.60. The molecular weight excluding hydrogens is 381 g/mol. The lowest BCUT2D eigenvalue weighted by molar-refractivity contribution is -0.118. The maximum Gasteiger partial charge on any atom is 0.270 e. The normalized spacial score (nSPS) is 14.0. The summed E-state index contributed by atoms with van der Waals surface area (Å²) in [5.41, 5.74) is 1.42. The van der Waals surface area contributed by atoms with Gasteiger partial charge in [0, 0.05) is 32.4 Å². The first-order chi connectivity index (χ1) is 13.5. The number of hydrogen-bond donors (Lipinski definition) is 0. The smallest absolute Gasteiger partial charge is 0.270 e. The average molecular weight is 397 g/mol. The van der Waals surface area contributed by atoms with Crippen molar-refractivity contribution in [3.05, 3.63) is 53.0 Å². The van der Waals surface area contributed by atoms with Gasteiger partial charge >= 0.3 is 0 Å². The third-order valence-electron chi connectivity index (χ3n) is 4.51. The highest BCUT2D eigenvalue weighted by Gasteiger charge is 2.30. The van der Waals surface area contributed by atoms with Crippen molar-refractivity contribution in [2.75, 3.05) is 23.4 Å². The van der Waals surface area contributed by atoms with Crippen LogP contribution in [0, 0.1) is 12.7 Å². The van der Waals surface area contributed by atoms with Gasteiger partial charge in [0.25, 0.3) is 5.91 Å². The topological polar surface area (TPSA) is 79.3 Å². The van der Waals surface area contributed by atoms with Crippen LogP contribution in [-0.2, 0) is 4.79 Å². The molecule has 0 spiro atoms. The Hall–Kier alpha value is -3.20. The molecule has 2 amide bonds. The first-order valence-electron chi connectivity index (χ1n) is 8.58. The van der Waals surface area contributed by atoms with E-state index in [2.05, 4.69) is 15.0 Å². The summed E-state index contributed by atoms with van der Waals surface area (Å²) in [6.45, 7) is 1.95. The van der Waals surface area contributed by atoms with Crippen molar-refractivity contribution in [2.24, 2.45) is 0 Å². The number of fused-ring (bicyclic) bond motifs is 1. The van der Waals surface area contributed by atoms with E-state index in [1.807, 2.05) is 0 Å². The minimum atomic E-state index is -0.467. The van der Waals surface area contributed by atoms with Gasteiger partial charge in [0.2, 0.25) is 5.91 Å². The van der Waals surface area contributed by atoms with Crippen LogP contribution >= 0.6 is 11.3 Å². The van der Waals surface area contributed by atoms with Crippen molar-refractivity contribution in [1.82, 2.24) is 15.0 Å².